The van der Waals surface area contributed by atoms with E-state index in [1.165, 1.54) is 12.0 Å². The predicted molar refractivity (Wildman–Crippen MR) is 105 cm³/mol. The molecule has 29 heavy (non-hydrogen) atoms. The second-order valence-electron chi connectivity index (χ2n) is 8.88. The third-order valence-electron chi connectivity index (χ3n) is 5.38. The predicted octanol–water partition coefficient (Wildman–Crippen LogP) is 5.26. The first-order chi connectivity index (χ1) is 13.4. The van der Waals surface area contributed by atoms with Gasteiger partial charge in [-0.2, -0.15) is 0 Å². The van der Waals surface area contributed by atoms with Crippen molar-refractivity contribution in [3.05, 3.63) is 41.5 Å². The van der Waals surface area contributed by atoms with Gasteiger partial charge in [0.05, 0.1) is 18.4 Å². The SMILES string of the molecule is COC(=O)c1ccc(C2=C[C@@]3(CCN2C(=O)OC(C)(C)C)CCC(F)(F)C3)cc1. The van der Waals surface area contributed by atoms with E-state index in [1.54, 1.807) is 51.1 Å². The van der Waals surface area contributed by atoms with Gasteiger partial charge in [0.2, 0.25) is 5.92 Å². The largest absolute Gasteiger partial charge is 0.465 e. The molecule has 0 N–H and O–H groups in total. The maximum atomic E-state index is 14.0. The minimum Gasteiger partial charge on any atom is -0.465 e. The van der Waals surface area contributed by atoms with Gasteiger partial charge < -0.3 is 9.47 Å². The van der Waals surface area contributed by atoms with Gasteiger partial charge in [-0.1, -0.05) is 18.2 Å². The number of carbonyl (C=O) groups excluding carboxylic acids is 2. The average Bonchev–Trinajstić information content (AvgIpc) is 2.93. The summed E-state index contributed by atoms with van der Waals surface area (Å²) in [5.74, 6) is -3.16. The lowest BCUT2D eigenvalue weighted by molar-refractivity contribution is -0.00193. The number of carbonyl (C=O) groups is 2. The highest BCUT2D eigenvalue weighted by Gasteiger charge is 2.50. The highest BCUT2D eigenvalue weighted by Crippen LogP contribution is 2.53. The smallest absolute Gasteiger partial charge is 0.414 e. The zero-order valence-electron chi connectivity index (χ0n) is 17.3. The Morgan fingerprint density at radius 2 is 1.72 bits per heavy atom. The minimum atomic E-state index is -2.69. The zero-order valence-corrected chi connectivity index (χ0v) is 17.3. The molecular formula is C22H27F2NO4. The Hall–Kier alpha value is -2.44. The van der Waals surface area contributed by atoms with E-state index in [4.69, 9.17) is 9.47 Å². The second-order valence-corrected chi connectivity index (χ2v) is 8.88. The lowest BCUT2D eigenvalue weighted by Crippen LogP contribution is -2.41. The summed E-state index contributed by atoms with van der Waals surface area (Å²) in [5.41, 5.74) is 0.265. The monoisotopic (exact) mass is 407 g/mol. The van der Waals surface area contributed by atoms with Crippen molar-refractivity contribution in [3.63, 3.8) is 0 Å². The fourth-order valence-electron chi connectivity index (χ4n) is 4.00. The van der Waals surface area contributed by atoms with Crippen LogP contribution in [0.4, 0.5) is 13.6 Å². The first-order valence-electron chi connectivity index (χ1n) is 9.74. The van der Waals surface area contributed by atoms with Gasteiger partial charge in [-0.15, -0.1) is 0 Å². The summed E-state index contributed by atoms with van der Waals surface area (Å²) in [6.45, 7) is 5.64. The molecule has 1 amide bonds. The number of ether oxygens (including phenoxy) is 2. The van der Waals surface area contributed by atoms with Gasteiger partial charge in [-0.25, -0.2) is 18.4 Å². The summed E-state index contributed by atoms with van der Waals surface area (Å²) in [6, 6.07) is 6.59. The Balaban J connectivity index is 1.98. The van der Waals surface area contributed by atoms with Crippen molar-refractivity contribution in [1.29, 1.82) is 0 Å². The molecule has 3 rings (SSSR count). The molecule has 0 bridgehead atoms. The van der Waals surface area contributed by atoms with E-state index in [-0.39, 0.29) is 12.8 Å². The molecule has 1 aromatic rings. The first-order valence-corrected chi connectivity index (χ1v) is 9.74. The van der Waals surface area contributed by atoms with E-state index in [1.807, 2.05) is 0 Å². The summed E-state index contributed by atoms with van der Waals surface area (Å²) in [6.07, 6.45) is 1.77. The van der Waals surface area contributed by atoms with Gasteiger partial charge >= 0.3 is 12.1 Å². The number of alkyl halides is 2. The van der Waals surface area contributed by atoms with Crippen LogP contribution in [0.5, 0.6) is 0 Å². The van der Waals surface area contributed by atoms with E-state index < -0.39 is 29.0 Å². The Kier molecular flexibility index (Phi) is 5.45. The summed E-state index contributed by atoms with van der Waals surface area (Å²) in [5, 5.41) is 0. The normalized spacial score (nSPS) is 23.7. The molecule has 2 aliphatic rings. The van der Waals surface area contributed by atoms with Crippen LogP contribution in [0.2, 0.25) is 0 Å². The van der Waals surface area contributed by atoms with Crippen molar-refractivity contribution in [1.82, 2.24) is 4.90 Å². The molecule has 1 atom stereocenters. The zero-order chi connectivity index (χ0) is 21.4. The number of allylic oxidation sites excluding steroid dienone is 1. The van der Waals surface area contributed by atoms with Gasteiger partial charge in [0.15, 0.2) is 0 Å². The molecule has 1 heterocycles. The van der Waals surface area contributed by atoms with Crippen molar-refractivity contribution in [2.24, 2.45) is 5.41 Å². The lowest BCUT2D eigenvalue weighted by atomic mass is 9.78. The van der Waals surface area contributed by atoms with Gasteiger partial charge in [-0.05, 0) is 56.7 Å². The van der Waals surface area contributed by atoms with Crippen LogP contribution >= 0.6 is 0 Å². The fourth-order valence-corrected chi connectivity index (χ4v) is 4.00. The molecule has 0 saturated heterocycles. The number of halogens is 2. The molecule has 5 nitrogen and oxygen atoms in total. The van der Waals surface area contributed by atoms with E-state index in [2.05, 4.69) is 0 Å². The number of benzene rings is 1. The Bertz CT molecular complexity index is 826. The van der Waals surface area contributed by atoms with E-state index in [0.29, 0.717) is 36.2 Å². The van der Waals surface area contributed by atoms with Crippen LogP contribution in [-0.2, 0) is 9.47 Å². The number of methoxy groups -OCH3 is 1. The van der Waals surface area contributed by atoms with Crippen molar-refractivity contribution < 1.29 is 27.8 Å². The van der Waals surface area contributed by atoms with Crippen LogP contribution in [0.3, 0.4) is 0 Å². The molecular weight excluding hydrogens is 380 g/mol. The Labute approximate surface area is 169 Å². The molecule has 0 radical (unpaired) electrons. The average molecular weight is 407 g/mol. The van der Waals surface area contributed by atoms with Crippen LogP contribution in [0.15, 0.2) is 30.3 Å². The number of rotatable bonds is 2. The third kappa shape index (κ3) is 4.77. The standard InChI is InChI=1S/C22H27F2NO4/c1-20(2,3)29-19(27)25-12-11-21(9-10-22(23,24)14-21)13-17(25)15-5-7-16(8-6-15)18(26)28-4/h5-8,13H,9-12,14H2,1-4H3/t21-/m0/s1. The van der Waals surface area contributed by atoms with Crippen LogP contribution in [0, 0.1) is 5.41 Å². The van der Waals surface area contributed by atoms with Crippen LogP contribution < -0.4 is 0 Å². The minimum absolute atomic E-state index is 0.148. The Morgan fingerprint density at radius 1 is 1.07 bits per heavy atom. The molecule has 7 heteroatoms. The van der Waals surface area contributed by atoms with E-state index >= 15 is 0 Å². The molecule has 158 valence electrons. The second kappa shape index (κ2) is 7.43. The van der Waals surface area contributed by atoms with Crippen LogP contribution in [0.1, 0.15) is 62.4 Å². The quantitative estimate of drug-likeness (QED) is 0.628. The van der Waals surface area contributed by atoms with Crippen molar-refractivity contribution in [3.8, 4) is 0 Å². The number of amides is 1. The fraction of sp³-hybridized carbons (Fsp3) is 0.545. The summed E-state index contributed by atoms with van der Waals surface area (Å²) >= 11 is 0. The number of esters is 1. The topological polar surface area (TPSA) is 55.8 Å². The molecule has 1 aromatic carbocycles. The van der Waals surface area contributed by atoms with Gasteiger partial charge in [-0.3, -0.25) is 4.90 Å². The summed E-state index contributed by atoms with van der Waals surface area (Å²) in [4.78, 5) is 26.0. The molecule has 1 saturated carbocycles. The lowest BCUT2D eigenvalue weighted by Gasteiger charge is -2.38. The van der Waals surface area contributed by atoms with E-state index in [0.717, 1.165) is 0 Å². The van der Waals surface area contributed by atoms with Gasteiger partial charge in [0.1, 0.15) is 5.60 Å². The van der Waals surface area contributed by atoms with E-state index in [9.17, 15) is 18.4 Å². The summed E-state index contributed by atoms with van der Waals surface area (Å²) < 4.78 is 38.2. The molecule has 1 fully saturated rings. The van der Waals surface area contributed by atoms with Gasteiger partial charge in [0.25, 0.3) is 0 Å². The van der Waals surface area contributed by atoms with Crippen molar-refractivity contribution in [2.45, 2.75) is 58.0 Å². The van der Waals surface area contributed by atoms with Crippen molar-refractivity contribution >= 4 is 17.8 Å². The molecule has 0 aromatic heterocycles. The summed E-state index contributed by atoms with van der Waals surface area (Å²) in [7, 11) is 1.30. The van der Waals surface area contributed by atoms with Crippen LogP contribution in [0.25, 0.3) is 5.70 Å². The molecule has 1 aliphatic carbocycles. The molecule has 1 spiro atoms. The molecule has 0 unspecified atom stereocenters. The maximum Gasteiger partial charge on any atom is 0.414 e. The first kappa shape index (κ1) is 21.3. The van der Waals surface area contributed by atoms with Crippen molar-refractivity contribution in [2.75, 3.05) is 13.7 Å². The number of hydrogen-bond donors (Lipinski definition) is 0. The van der Waals surface area contributed by atoms with Crippen LogP contribution in [-0.4, -0.2) is 42.1 Å². The van der Waals surface area contributed by atoms with Gasteiger partial charge in [0, 0.05) is 19.4 Å². The highest BCUT2D eigenvalue weighted by atomic mass is 19.3. The highest BCUT2D eigenvalue weighted by molar-refractivity contribution is 5.90. The number of hydrogen-bond acceptors (Lipinski definition) is 4. The number of nitrogens with zero attached hydrogens (tertiary/aromatic N) is 1. The maximum absolute atomic E-state index is 14.0. The third-order valence-corrected chi connectivity index (χ3v) is 5.38. The molecule has 1 aliphatic heterocycles. The Morgan fingerprint density at radius 3 is 2.24 bits per heavy atom.